The molecule has 2 rings (SSSR count). The number of likely N-dealkylation sites (tertiary alicyclic amines) is 1. The van der Waals surface area contributed by atoms with Crippen LogP contribution in [0, 0.1) is 6.92 Å². The number of benzene rings is 1. The zero-order chi connectivity index (χ0) is 13.8. The summed E-state index contributed by atoms with van der Waals surface area (Å²) in [6.45, 7) is 7.31. The number of para-hydroxylation sites is 1. The highest BCUT2D eigenvalue weighted by atomic mass is 16.4. The molecule has 1 atom stereocenters. The van der Waals surface area contributed by atoms with E-state index in [4.69, 9.17) is 0 Å². The molecule has 104 valence electrons. The monoisotopic (exact) mass is 262 g/mol. The van der Waals surface area contributed by atoms with Gasteiger partial charge in [0.2, 0.25) is 0 Å². The Hall–Kier alpha value is -1.55. The highest BCUT2D eigenvalue weighted by Gasteiger charge is 2.21. The molecule has 1 saturated heterocycles. The summed E-state index contributed by atoms with van der Waals surface area (Å²) >= 11 is 0. The van der Waals surface area contributed by atoms with Gasteiger partial charge in [-0.05, 0) is 44.5 Å². The van der Waals surface area contributed by atoms with Crippen molar-refractivity contribution in [2.24, 2.45) is 0 Å². The fourth-order valence-corrected chi connectivity index (χ4v) is 2.70. The van der Waals surface area contributed by atoms with Crippen molar-refractivity contribution in [1.29, 1.82) is 0 Å². The Bertz CT molecular complexity index is 459. The molecule has 1 aliphatic heterocycles. The number of carboxylic acids is 1. The van der Waals surface area contributed by atoms with E-state index in [0.717, 1.165) is 37.3 Å². The number of carbonyl (C=O) groups is 1. The van der Waals surface area contributed by atoms with Gasteiger partial charge in [0.05, 0.1) is 11.3 Å². The van der Waals surface area contributed by atoms with Crippen LogP contribution in [-0.4, -0.2) is 41.7 Å². The lowest BCUT2D eigenvalue weighted by molar-refractivity contribution is 0.0697. The minimum absolute atomic E-state index is 0.341. The van der Waals surface area contributed by atoms with E-state index in [9.17, 15) is 9.90 Å². The minimum Gasteiger partial charge on any atom is -0.478 e. The van der Waals surface area contributed by atoms with E-state index in [0.29, 0.717) is 11.6 Å². The van der Waals surface area contributed by atoms with Crippen LogP contribution in [0.4, 0.5) is 5.69 Å². The fourth-order valence-electron chi connectivity index (χ4n) is 2.70. The van der Waals surface area contributed by atoms with Gasteiger partial charge < -0.3 is 15.3 Å². The van der Waals surface area contributed by atoms with E-state index < -0.39 is 5.97 Å². The Morgan fingerprint density at radius 2 is 2.32 bits per heavy atom. The van der Waals surface area contributed by atoms with Gasteiger partial charge in [-0.3, -0.25) is 0 Å². The zero-order valence-corrected chi connectivity index (χ0v) is 11.6. The molecule has 1 heterocycles. The molecule has 2 N–H and O–H groups in total. The van der Waals surface area contributed by atoms with Crippen molar-refractivity contribution in [2.45, 2.75) is 32.7 Å². The number of carboxylic acid groups (broad SMARTS) is 1. The second kappa shape index (κ2) is 6.06. The Labute approximate surface area is 114 Å². The average Bonchev–Trinajstić information content (AvgIpc) is 2.41. The first-order chi connectivity index (χ1) is 9.11. The molecule has 4 heteroatoms. The first-order valence-corrected chi connectivity index (χ1v) is 6.93. The molecule has 0 amide bonds. The SMILES string of the molecule is CCN1CCCC(Nc2c(C)cccc2C(=O)O)C1. The maximum absolute atomic E-state index is 11.3. The molecule has 0 bridgehead atoms. The van der Waals surface area contributed by atoms with Crippen LogP contribution in [-0.2, 0) is 0 Å². The average molecular weight is 262 g/mol. The number of nitrogens with one attached hydrogen (secondary N) is 1. The van der Waals surface area contributed by atoms with Crippen LogP contribution in [0.1, 0.15) is 35.7 Å². The molecular formula is C15H22N2O2. The zero-order valence-electron chi connectivity index (χ0n) is 11.6. The van der Waals surface area contributed by atoms with Crippen molar-refractivity contribution < 1.29 is 9.90 Å². The third kappa shape index (κ3) is 3.26. The van der Waals surface area contributed by atoms with Crippen LogP contribution >= 0.6 is 0 Å². The minimum atomic E-state index is -0.866. The highest BCUT2D eigenvalue weighted by Crippen LogP contribution is 2.23. The number of nitrogens with zero attached hydrogens (tertiary/aromatic N) is 1. The molecule has 1 fully saturated rings. The van der Waals surface area contributed by atoms with Gasteiger partial charge in [-0.1, -0.05) is 19.1 Å². The predicted molar refractivity (Wildman–Crippen MR) is 76.9 cm³/mol. The van der Waals surface area contributed by atoms with Crippen molar-refractivity contribution in [3.05, 3.63) is 29.3 Å². The van der Waals surface area contributed by atoms with Crippen molar-refractivity contribution in [1.82, 2.24) is 4.90 Å². The number of piperidine rings is 1. The summed E-state index contributed by atoms with van der Waals surface area (Å²) in [6.07, 6.45) is 2.27. The molecular weight excluding hydrogens is 240 g/mol. The maximum atomic E-state index is 11.3. The molecule has 4 nitrogen and oxygen atoms in total. The molecule has 0 spiro atoms. The molecule has 1 aliphatic rings. The van der Waals surface area contributed by atoms with Crippen molar-refractivity contribution >= 4 is 11.7 Å². The normalized spacial score (nSPS) is 20.2. The van der Waals surface area contributed by atoms with Gasteiger partial charge in [0, 0.05) is 12.6 Å². The third-order valence-electron chi connectivity index (χ3n) is 3.80. The largest absolute Gasteiger partial charge is 0.478 e. The van der Waals surface area contributed by atoms with E-state index in [1.54, 1.807) is 12.1 Å². The molecule has 1 unspecified atom stereocenters. The number of aryl methyl sites for hydroxylation is 1. The topological polar surface area (TPSA) is 52.6 Å². The Morgan fingerprint density at radius 3 is 3.00 bits per heavy atom. The molecule has 1 aromatic carbocycles. The predicted octanol–water partition coefficient (Wildman–Crippen LogP) is 2.59. The van der Waals surface area contributed by atoms with E-state index in [1.165, 1.54) is 6.42 Å². The van der Waals surface area contributed by atoms with Gasteiger partial charge in [-0.15, -0.1) is 0 Å². The van der Waals surface area contributed by atoms with E-state index >= 15 is 0 Å². The van der Waals surface area contributed by atoms with E-state index in [1.807, 2.05) is 13.0 Å². The molecule has 0 saturated carbocycles. The van der Waals surface area contributed by atoms with Crippen LogP contribution in [0.3, 0.4) is 0 Å². The van der Waals surface area contributed by atoms with Crippen molar-refractivity contribution in [2.75, 3.05) is 25.0 Å². The quantitative estimate of drug-likeness (QED) is 0.875. The molecule has 0 aromatic heterocycles. The number of rotatable bonds is 4. The lowest BCUT2D eigenvalue weighted by atomic mass is 10.0. The smallest absolute Gasteiger partial charge is 0.337 e. The second-order valence-corrected chi connectivity index (χ2v) is 5.18. The lowest BCUT2D eigenvalue weighted by Crippen LogP contribution is -2.42. The van der Waals surface area contributed by atoms with Crippen molar-refractivity contribution in [3.63, 3.8) is 0 Å². The number of anilines is 1. The van der Waals surface area contributed by atoms with Crippen LogP contribution < -0.4 is 5.32 Å². The summed E-state index contributed by atoms with van der Waals surface area (Å²) in [5.74, 6) is -0.866. The first kappa shape index (κ1) is 13.9. The van der Waals surface area contributed by atoms with Gasteiger partial charge in [0.1, 0.15) is 0 Å². The van der Waals surface area contributed by atoms with Gasteiger partial charge in [-0.2, -0.15) is 0 Å². The summed E-state index contributed by atoms with van der Waals surface area (Å²) in [6, 6.07) is 5.75. The molecule has 19 heavy (non-hydrogen) atoms. The third-order valence-corrected chi connectivity index (χ3v) is 3.80. The molecule has 1 aromatic rings. The first-order valence-electron chi connectivity index (χ1n) is 6.93. The number of aromatic carboxylic acids is 1. The number of likely N-dealkylation sites (N-methyl/N-ethyl adjacent to an activating group) is 1. The fraction of sp³-hybridized carbons (Fsp3) is 0.533. The summed E-state index contributed by atoms with van der Waals surface area (Å²) in [5.41, 5.74) is 2.14. The van der Waals surface area contributed by atoms with Crippen molar-refractivity contribution in [3.8, 4) is 0 Å². The summed E-state index contributed by atoms with van der Waals surface area (Å²) in [7, 11) is 0. The van der Waals surface area contributed by atoms with E-state index in [2.05, 4.69) is 17.1 Å². The Morgan fingerprint density at radius 1 is 1.53 bits per heavy atom. The van der Waals surface area contributed by atoms with Crippen LogP contribution in [0.2, 0.25) is 0 Å². The standard InChI is InChI=1S/C15H22N2O2/c1-3-17-9-5-7-12(10-17)16-14-11(2)6-4-8-13(14)15(18)19/h4,6,8,12,16H,3,5,7,9-10H2,1-2H3,(H,18,19). The van der Waals surface area contributed by atoms with Crippen LogP contribution in [0.5, 0.6) is 0 Å². The number of hydrogen-bond acceptors (Lipinski definition) is 3. The van der Waals surface area contributed by atoms with Gasteiger partial charge in [0.15, 0.2) is 0 Å². The van der Waals surface area contributed by atoms with Crippen LogP contribution in [0.15, 0.2) is 18.2 Å². The van der Waals surface area contributed by atoms with Gasteiger partial charge in [0.25, 0.3) is 0 Å². The molecule has 0 aliphatic carbocycles. The van der Waals surface area contributed by atoms with E-state index in [-0.39, 0.29) is 0 Å². The maximum Gasteiger partial charge on any atom is 0.337 e. The Balaban J connectivity index is 2.16. The molecule has 0 radical (unpaired) electrons. The van der Waals surface area contributed by atoms with Crippen LogP contribution in [0.25, 0.3) is 0 Å². The Kier molecular flexibility index (Phi) is 4.43. The lowest BCUT2D eigenvalue weighted by Gasteiger charge is -2.33. The van der Waals surface area contributed by atoms with Gasteiger partial charge in [-0.25, -0.2) is 4.79 Å². The summed E-state index contributed by atoms with van der Waals surface area (Å²) in [5, 5.41) is 12.7. The second-order valence-electron chi connectivity index (χ2n) is 5.18. The summed E-state index contributed by atoms with van der Waals surface area (Å²) in [4.78, 5) is 13.7. The highest BCUT2D eigenvalue weighted by molar-refractivity contribution is 5.95. The van der Waals surface area contributed by atoms with Gasteiger partial charge >= 0.3 is 5.97 Å². The number of hydrogen-bond donors (Lipinski definition) is 2. The summed E-state index contributed by atoms with van der Waals surface area (Å²) < 4.78 is 0.